The molecular formula is C18H16ClF3N2O2. The van der Waals surface area contributed by atoms with E-state index >= 15 is 0 Å². The van der Waals surface area contributed by atoms with Gasteiger partial charge in [0.05, 0.1) is 24.3 Å². The van der Waals surface area contributed by atoms with Gasteiger partial charge in [0.2, 0.25) is 0 Å². The average molecular weight is 385 g/mol. The highest BCUT2D eigenvalue weighted by Gasteiger charge is 2.36. The largest absolute Gasteiger partial charge is 0.416 e. The number of β-amino-alcohol motifs (C(OH)–C–C–N with tert-alkyl or cyclic N) is 1. The predicted octanol–water partition coefficient (Wildman–Crippen LogP) is 4.16. The van der Waals surface area contributed by atoms with Crippen LogP contribution in [0, 0.1) is 0 Å². The number of aliphatic hydroxyl groups is 1. The Bertz CT molecular complexity index is 796. The number of amides is 2. The first-order chi connectivity index (χ1) is 12.3. The molecule has 0 aliphatic carbocycles. The van der Waals surface area contributed by atoms with Gasteiger partial charge in [-0.15, -0.1) is 0 Å². The van der Waals surface area contributed by atoms with Gasteiger partial charge in [0.15, 0.2) is 0 Å². The number of rotatable bonds is 4. The lowest BCUT2D eigenvalue weighted by molar-refractivity contribution is -0.137. The molecule has 2 amide bonds. The second-order valence-electron chi connectivity index (χ2n) is 6.04. The summed E-state index contributed by atoms with van der Waals surface area (Å²) < 4.78 is 38.8. The minimum atomic E-state index is -4.46. The molecule has 2 unspecified atom stereocenters. The lowest BCUT2D eigenvalue weighted by Crippen LogP contribution is -2.33. The van der Waals surface area contributed by atoms with Gasteiger partial charge in [0.1, 0.15) is 0 Å². The van der Waals surface area contributed by atoms with E-state index in [1.807, 2.05) is 0 Å². The van der Waals surface area contributed by atoms with Gasteiger partial charge >= 0.3 is 12.2 Å². The summed E-state index contributed by atoms with van der Waals surface area (Å²) in [4.78, 5) is 13.5. The average Bonchev–Trinajstić information content (AvgIpc) is 2.95. The minimum absolute atomic E-state index is 0.0472. The number of halogens is 4. The summed E-state index contributed by atoms with van der Waals surface area (Å²) in [6.45, 7) is 0.127. The van der Waals surface area contributed by atoms with Gasteiger partial charge < -0.3 is 15.3 Å². The normalized spacial score (nSPS) is 18.7. The predicted molar refractivity (Wildman–Crippen MR) is 90.7 cm³/mol. The molecule has 0 bridgehead atoms. The fraction of sp³-hybridized carbons (Fsp3) is 0.278. The number of aliphatic hydroxyl groups excluding tert-OH is 1. The van der Waals surface area contributed by atoms with E-state index in [1.54, 1.807) is 30.3 Å². The molecule has 1 aliphatic rings. The molecule has 2 N–H and O–H groups in total. The van der Waals surface area contributed by atoms with Gasteiger partial charge in [0.25, 0.3) is 0 Å². The second-order valence-corrected chi connectivity index (χ2v) is 6.48. The van der Waals surface area contributed by atoms with Crippen molar-refractivity contribution < 1.29 is 23.1 Å². The molecular weight excluding hydrogens is 369 g/mol. The molecule has 1 aliphatic heterocycles. The Morgan fingerprint density at radius 2 is 1.92 bits per heavy atom. The van der Waals surface area contributed by atoms with Crippen LogP contribution < -0.4 is 5.32 Å². The van der Waals surface area contributed by atoms with Crippen molar-refractivity contribution in [2.24, 2.45) is 0 Å². The fourth-order valence-electron chi connectivity index (χ4n) is 2.94. The van der Waals surface area contributed by atoms with E-state index in [0.717, 1.165) is 12.1 Å². The van der Waals surface area contributed by atoms with Gasteiger partial charge in [0, 0.05) is 11.6 Å². The monoisotopic (exact) mass is 384 g/mol. The van der Waals surface area contributed by atoms with Crippen molar-refractivity contribution in [1.29, 1.82) is 0 Å². The van der Waals surface area contributed by atoms with Gasteiger partial charge in [-0.05, 0) is 35.4 Å². The zero-order valence-corrected chi connectivity index (χ0v) is 14.3. The summed E-state index contributed by atoms with van der Waals surface area (Å²) >= 11 is 5.82. The number of hydrogen-bond donors (Lipinski definition) is 2. The molecule has 2 aromatic carbocycles. The van der Waals surface area contributed by atoms with E-state index < -0.39 is 29.9 Å². The van der Waals surface area contributed by atoms with E-state index in [4.69, 9.17) is 11.6 Å². The Morgan fingerprint density at radius 3 is 2.58 bits per heavy atom. The number of nitrogens with zero attached hydrogens (tertiary/aromatic N) is 1. The van der Waals surface area contributed by atoms with Gasteiger partial charge in [-0.25, -0.2) is 4.79 Å². The summed E-state index contributed by atoms with van der Waals surface area (Å²) in [6, 6.07) is 10.4. The molecule has 138 valence electrons. The highest BCUT2D eigenvalue weighted by atomic mass is 35.5. The van der Waals surface area contributed by atoms with Crippen LogP contribution in [0.4, 0.5) is 18.0 Å². The zero-order chi connectivity index (χ0) is 18.9. The number of carbonyl (C=O) groups excluding carboxylic acids is 1. The molecule has 0 spiro atoms. The third-order valence-corrected chi connectivity index (χ3v) is 4.56. The maximum Gasteiger partial charge on any atom is 0.416 e. The van der Waals surface area contributed by atoms with E-state index in [2.05, 4.69) is 5.32 Å². The molecule has 0 saturated carbocycles. The van der Waals surface area contributed by atoms with E-state index in [1.165, 1.54) is 11.0 Å². The molecule has 0 radical (unpaired) electrons. The topological polar surface area (TPSA) is 52.6 Å². The molecule has 26 heavy (non-hydrogen) atoms. The van der Waals surface area contributed by atoms with Gasteiger partial charge in [-0.2, -0.15) is 13.2 Å². The van der Waals surface area contributed by atoms with Crippen LogP contribution in [0.2, 0.25) is 5.02 Å². The van der Waals surface area contributed by atoms with E-state index in [9.17, 15) is 23.1 Å². The van der Waals surface area contributed by atoms with Crippen molar-refractivity contribution in [3.63, 3.8) is 0 Å². The van der Waals surface area contributed by atoms with Crippen molar-refractivity contribution in [2.45, 2.75) is 18.3 Å². The third-order valence-electron chi connectivity index (χ3n) is 4.31. The quantitative estimate of drug-likeness (QED) is 0.831. The molecule has 4 nitrogen and oxygen atoms in total. The van der Waals surface area contributed by atoms with Crippen LogP contribution in [0.15, 0.2) is 48.5 Å². The van der Waals surface area contributed by atoms with Crippen LogP contribution in [-0.2, 0) is 6.18 Å². The summed E-state index contributed by atoms with van der Waals surface area (Å²) in [5, 5.41) is 13.5. The van der Waals surface area contributed by atoms with Crippen molar-refractivity contribution in [3.8, 4) is 0 Å². The maximum absolute atomic E-state index is 12.9. The van der Waals surface area contributed by atoms with E-state index in [0.29, 0.717) is 16.1 Å². The summed E-state index contributed by atoms with van der Waals surface area (Å²) in [5.41, 5.74) is 0.158. The van der Waals surface area contributed by atoms with Crippen LogP contribution in [-0.4, -0.2) is 29.1 Å². The molecule has 8 heteroatoms. The first kappa shape index (κ1) is 18.5. The van der Waals surface area contributed by atoms with E-state index in [-0.39, 0.29) is 13.1 Å². The van der Waals surface area contributed by atoms with Gasteiger partial charge in [-0.3, -0.25) is 0 Å². The molecule has 2 atom stereocenters. The van der Waals surface area contributed by atoms with Crippen molar-refractivity contribution in [1.82, 2.24) is 10.2 Å². The molecule has 2 aromatic rings. The van der Waals surface area contributed by atoms with Crippen LogP contribution in [0.3, 0.4) is 0 Å². The SMILES string of the molecule is O=C1NCC(c2cccc(C(F)(F)F)c2)N1CC(O)c1ccc(Cl)cc1. The Labute approximate surface area is 153 Å². The Balaban J connectivity index is 1.82. The molecule has 1 heterocycles. The van der Waals surface area contributed by atoms with Crippen molar-refractivity contribution in [2.75, 3.05) is 13.1 Å². The number of nitrogens with one attached hydrogen (secondary N) is 1. The number of benzene rings is 2. The standard InChI is InChI=1S/C18H16ClF3N2O2/c19-14-6-4-11(5-7-14)16(25)10-24-15(9-23-17(24)26)12-2-1-3-13(8-12)18(20,21)22/h1-8,15-16,25H,9-10H2,(H,23,26). The Kier molecular flexibility index (Phi) is 5.11. The van der Waals surface area contributed by atoms with Crippen LogP contribution in [0.5, 0.6) is 0 Å². The smallest absolute Gasteiger partial charge is 0.387 e. The number of hydrogen-bond acceptors (Lipinski definition) is 2. The third kappa shape index (κ3) is 3.94. The lowest BCUT2D eigenvalue weighted by atomic mass is 10.0. The van der Waals surface area contributed by atoms with Crippen molar-refractivity contribution >= 4 is 17.6 Å². The first-order valence-corrected chi connectivity index (χ1v) is 8.28. The minimum Gasteiger partial charge on any atom is -0.387 e. The Hall–Kier alpha value is -2.25. The molecule has 1 saturated heterocycles. The lowest BCUT2D eigenvalue weighted by Gasteiger charge is -2.26. The zero-order valence-electron chi connectivity index (χ0n) is 13.5. The first-order valence-electron chi connectivity index (χ1n) is 7.91. The number of carbonyl (C=O) groups is 1. The summed E-state index contributed by atoms with van der Waals surface area (Å²) in [5.74, 6) is 0. The fourth-order valence-corrected chi connectivity index (χ4v) is 3.07. The molecule has 3 rings (SSSR count). The van der Waals surface area contributed by atoms with Crippen molar-refractivity contribution in [3.05, 3.63) is 70.2 Å². The summed E-state index contributed by atoms with van der Waals surface area (Å²) in [7, 11) is 0. The van der Waals surface area contributed by atoms with Crippen LogP contribution >= 0.6 is 11.6 Å². The van der Waals surface area contributed by atoms with Gasteiger partial charge in [-0.1, -0.05) is 35.9 Å². The number of urea groups is 1. The van der Waals surface area contributed by atoms with Crippen LogP contribution in [0.1, 0.15) is 28.8 Å². The molecule has 1 fully saturated rings. The van der Waals surface area contributed by atoms with Crippen LogP contribution in [0.25, 0.3) is 0 Å². The highest BCUT2D eigenvalue weighted by Crippen LogP contribution is 2.33. The highest BCUT2D eigenvalue weighted by molar-refractivity contribution is 6.30. The number of alkyl halides is 3. The summed E-state index contributed by atoms with van der Waals surface area (Å²) in [6.07, 6.45) is -5.44. The second kappa shape index (κ2) is 7.17. The Morgan fingerprint density at radius 1 is 1.23 bits per heavy atom. The molecule has 0 aromatic heterocycles. The maximum atomic E-state index is 12.9.